The highest BCUT2D eigenvalue weighted by atomic mass is 127. The zero-order chi connectivity index (χ0) is 22.9. The van der Waals surface area contributed by atoms with E-state index in [4.69, 9.17) is 5.73 Å². The van der Waals surface area contributed by atoms with Gasteiger partial charge in [0.05, 0.1) is 11.4 Å². The van der Waals surface area contributed by atoms with E-state index in [0.717, 1.165) is 24.6 Å². The number of nitrogens with one attached hydrogen (secondary N) is 2. The Bertz CT molecular complexity index is 1100. The summed E-state index contributed by atoms with van der Waals surface area (Å²) in [5.74, 6) is 1.51. The first-order chi connectivity index (χ1) is 15.5. The Hall–Kier alpha value is -3.06. The highest BCUT2D eigenvalue weighted by Crippen LogP contribution is 2.21. The first-order valence-corrected chi connectivity index (χ1v) is 10.9. The Balaban J connectivity index is 0.00000385. The summed E-state index contributed by atoms with van der Waals surface area (Å²) >= 11 is 0. The van der Waals surface area contributed by atoms with Gasteiger partial charge in [-0.15, -0.1) is 24.0 Å². The van der Waals surface area contributed by atoms with Crippen LogP contribution in [-0.2, 0) is 6.42 Å². The maximum absolute atomic E-state index is 9.55. The predicted molar refractivity (Wildman–Crippen MR) is 145 cm³/mol. The van der Waals surface area contributed by atoms with Crippen LogP contribution in [0.3, 0.4) is 0 Å². The number of para-hydroxylation sites is 1. The maximum Gasteiger partial charge on any atom is 0.190 e. The van der Waals surface area contributed by atoms with Crippen molar-refractivity contribution < 1.29 is 0 Å². The van der Waals surface area contributed by atoms with Crippen LogP contribution in [0.5, 0.6) is 0 Å². The third-order valence-corrected chi connectivity index (χ3v) is 5.40. The lowest BCUT2D eigenvalue weighted by molar-refractivity contribution is 0.684. The highest BCUT2D eigenvalue weighted by molar-refractivity contribution is 14.0. The van der Waals surface area contributed by atoms with E-state index in [0.29, 0.717) is 36.0 Å². The van der Waals surface area contributed by atoms with Gasteiger partial charge in [0.2, 0.25) is 0 Å². The van der Waals surface area contributed by atoms with Crippen LogP contribution in [-0.4, -0.2) is 35.9 Å². The molecule has 3 rings (SSSR count). The monoisotopic (exact) mass is 557 g/mol. The maximum atomic E-state index is 9.55. The average Bonchev–Trinajstić information content (AvgIpc) is 3.14. The lowest BCUT2D eigenvalue weighted by Gasteiger charge is -2.16. The van der Waals surface area contributed by atoms with E-state index in [1.807, 2.05) is 30.3 Å². The van der Waals surface area contributed by atoms with Crippen molar-refractivity contribution in [2.75, 3.05) is 25.9 Å². The molecule has 2 aromatic carbocycles. The van der Waals surface area contributed by atoms with Crippen molar-refractivity contribution in [2.45, 2.75) is 32.6 Å². The molecule has 8 heteroatoms. The summed E-state index contributed by atoms with van der Waals surface area (Å²) in [5, 5.41) is 20.9. The van der Waals surface area contributed by atoms with Crippen molar-refractivity contribution in [3.63, 3.8) is 0 Å². The zero-order valence-corrected chi connectivity index (χ0v) is 21.7. The van der Waals surface area contributed by atoms with Gasteiger partial charge in [0.25, 0.3) is 0 Å². The number of halogens is 1. The molecule has 0 fully saturated rings. The Morgan fingerprint density at radius 2 is 1.94 bits per heavy atom. The van der Waals surface area contributed by atoms with Gasteiger partial charge in [-0.3, -0.25) is 4.99 Å². The van der Waals surface area contributed by atoms with Gasteiger partial charge >= 0.3 is 0 Å². The number of nitrogens with two attached hydrogens (primary N) is 1. The molecule has 7 nitrogen and oxygen atoms in total. The van der Waals surface area contributed by atoms with Gasteiger partial charge in [-0.05, 0) is 43.4 Å². The van der Waals surface area contributed by atoms with Crippen molar-refractivity contribution >= 4 is 35.8 Å². The van der Waals surface area contributed by atoms with Crippen molar-refractivity contribution in [1.82, 2.24) is 20.4 Å². The van der Waals surface area contributed by atoms with Crippen LogP contribution in [0.1, 0.15) is 41.6 Å². The molecule has 0 saturated carbocycles. The van der Waals surface area contributed by atoms with Gasteiger partial charge in [0.15, 0.2) is 5.96 Å². The van der Waals surface area contributed by atoms with E-state index in [2.05, 4.69) is 64.9 Å². The van der Waals surface area contributed by atoms with Crippen LogP contribution in [0.15, 0.2) is 59.6 Å². The third-order valence-electron chi connectivity index (χ3n) is 5.40. The van der Waals surface area contributed by atoms with Crippen LogP contribution in [0, 0.1) is 18.3 Å². The highest BCUT2D eigenvalue weighted by Gasteiger charge is 2.16. The van der Waals surface area contributed by atoms with Gasteiger partial charge < -0.3 is 16.4 Å². The van der Waals surface area contributed by atoms with E-state index in [-0.39, 0.29) is 24.0 Å². The van der Waals surface area contributed by atoms with Crippen molar-refractivity contribution in [2.24, 2.45) is 4.99 Å². The quantitative estimate of drug-likeness (QED) is 0.167. The number of rotatable bonds is 8. The van der Waals surface area contributed by atoms with Gasteiger partial charge in [-0.25, -0.2) is 4.68 Å². The molecule has 0 aliphatic rings. The molecular formula is C25H32IN7. The van der Waals surface area contributed by atoms with Gasteiger partial charge in [-0.2, -0.15) is 10.4 Å². The number of nitrogens with zero attached hydrogens (tertiary/aromatic N) is 4. The second-order valence-corrected chi connectivity index (χ2v) is 7.86. The fourth-order valence-electron chi connectivity index (χ4n) is 3.57. The number of aryl methyl sites for hydroxylation is 2. The molecule has 0 aliphatic heterocycles. The second-order valence-electron chi connectivity index (χ2n) is 7.86. The van der Waals surface area contributed by atoms with Gasteiger partial charge in [0, 0.05) is 20.1 Å². The van der Waals surface area contributed by atoms with Crippen LogP contribution >= 0.6 is 24.0 Å². The zero-order valence-electron chi connectivity index (χ0n) is 19.4. The SMILES string of the molecule is CN=C(NCCCc1nn(-c2ccccc2)c(N)c1C#N)NCC(C)c1cccc(C)c1.I. The van der Waals surface area contributed by atoms with Crippen LogP contribution < -0.4 is 16.4 Å². The summed E-state index contributed by atoms with van der Waals surface area (Å²) in [6, 6.07) is 20.4. The number of guanidine groups is 1. The number of hydrogen-bond acceptors (Lipinski definition) is 4. The average molecular weight is 557 g/mol. The lowest BCUT2D eigenvalue weighted by Crippen LogP contribution is -2.39. The Labute approximate surface area is 213 Å². The van der Waals surface area contributed by atoms with E-state index in [9.17, 15) is 5.26 Å². The normalized spacial score (nSPS) is 11.9. The molecule has 0 bridgehead atoms. The van der Waals surface area contributed by atoms with Gasteiger partial charge in [-0.1, -0.05) is 55.0 Å². The molecule has 1 unspecified atom stereocenters. The van der Waals surface area contributed by atoms with Crippen LogP contribution in [0.4, 0.5) is 5.82 Å². The molecule has 0 amide bonds. The van der Waals surface area contributed by atoms with E-state index >= 15 is 0 Å². The minimum Gasteiger partial charge on any atom is -0.382 e. The molecule has 1 aromatic heterocycles. The number of nitrogen functional groups attached to an aromatic ring is 1. The molecule has 1 heterocycles. The molecule has 1 atom stereocenters. The number of benzene rings is 2. The lowest BCUT2D eigenvalue weighted by atomic mass is 9.99. The summed E-state index contributed by atoms with van der Waals surface area (Å²) in [4.78, 5) is 4.31. The van der Waals surface area contributed by atoms with Crippen LogP contribution in [0.2, 0.25) is 0 Å². The minimum absolute atomic E-state index is 0. The third kappa shape index (κ3) is 6.96. The van der Waals surface area contributed by atoms with Crippen molar-refractivity contribution in [1.29, 1.82) is 5.26 Å². The molecule has 4 N–H and O–H groups in total. The molecule has 3 aromatic rings. The minimum atomic E-state index is 0. The van der Waals surface area contributed by atoms with E-state index in [1.165, 1.54) is 11.1 Å². The van der Waals surface area contributed by atoms with E-state index < -0.39 is 0 Å². The number of nitriles is 1. The van der Waals surface area contributed by atoms with Crippen LogP contribution in [0.25, 0.3) is 5.69 Å². The van der Waals surface area contributed by atoms with E-state index in [1.54, 1.807) is 11.7 Å². The molecule has 33 heavy (non-hydrogen) atoms. The fraction of sp³-hybridized carbons (Fsp3) is 0.320. The number of aliphatic imine (C=N–C) groups is 1. The molecule has 0 spiro atoms. The Morgan fingerprint density at radius 3 is 2.61 bits per heavy atom. The summed E-state index contributed by atoms with van der Waals surface area (Å²) in [6.07, 6.45) is 1.45. The van der Waals surface area contributed by atoms with Crippen molar-refractivity contribution in [3.05, 3.63) is 77.0 Å². The summed E-state index contributed by atoms with van der Waals surface area (Å²) in [5.41, 5.74) is 10.8. The molecule has 0 aliphatic carbocycles. The Morgan fingerprint density at radius 1 is 1.18 bits per heavy atom. The first kappa shape index (κ1) is 26.2. The smallest absolute Gasteiger partial charge is 0.190 e. The summed E-state index contributed by atoms with van der Waals surface area (Å²) in [6.45, 7) is 5.81. The topological polar surface area (TPSA) is 104 Å². The molecule has 0 saturated heterocycles. The standard InChI is InChI=1S/C25H31N7.HI/c1-18-9-7-10-20(15-18)19(2)17-30-25(28-3)29-14-8-13-23-22(16-26)24(27)32(31-23)21-11-5-4-6-12-21;/h4-7,9-12,15,19H,8,13-14,17,27H2,1-3H3,(H2,28,29,30);1H. The Kier molecular flexibility index (Phi) is 10.2. The molecule has 0 radical (unpaired) electrons. The summed E-state index contributed by atoms with van der Waals surface area (Å²) in [7, 11) is 1.77. The predicted octanol–water partition coefficient (Wildman–Crippen LogP) is 4.15. The molecular weight excluding hydrogens is 525 g/mol. The molecule has 174 valence electrons. The summed E-state index contributed by atoms with van der Waals surface area (Å²) < 4.78 is 1.63. The number of anilines is 1. The number of hydrogen-bond donors (Lipinski definition) is 3. The largest absolute Gasteiger partial charge is 0.382 e. The second kappa shape index (κ2) is 12.8. The number of aromatic nitrogens is 2. The fourth-order valence-corrected chi connectivity index (χ4v) is 3.57. The van der Waals surface area contributed by atoms with Gasteiger partial charge in [0.1, 0.15) is 17.5 Å². The first-order valence-electron chi connectivity index (χ1n) is 10.9. The van der Waals surface area contributed by atoms with Crippen molar-refractivity contribution in [3.8, 4) is 11.8 Å².